The van der Waals surface area contributed by atoms with Crippen LogP contribution in [0.5, 0.6) is 0 Å². The Morgan fingerprint density at radius 2 is 1.69 bits per heavy atom. The first-order valence-corrected chi connectivity index (χ1v) is 14.8. The van der Waals surface area contributed by atoms with Crippen LogP contribution in [0, 0.1) is 11.8 Å². The lowest BCUT2D eigenvalue weighted by Crippen LogP contribution is -2.23. The molecular formula is C32H44NOP. The fourth-order valence-corrected chi connectivity index (χ4v) is 6.01. The van der Waals surface area contributed by atoms with Crippen LogP contribution in [0.15, 0.2) is 72.8 Å². The second kappa shape index (κ2) is 13.0. The van der Waals surface area contributed by atoms with Gasteiger partial charge < -0.3 is 10.2 Å². The smallest absolute Gasteiger partial charge is 0.0572 e. The highest BCUT2D eigenvalue weighted by molar-refractivity contribution is 7.44. The molecule has 0 spiro atoms. The minimum Gasteiger partial charge on any atom is -0.378 e. The standard InChI is InChI=1S/C22H30O.C10H14NP/c1-4-5-10-16(2)17(3)23-15-22-20-13-8-6-11-18(20)19-12-7-9-14-21(19)22;11-12-10-6-4-9(5-7-10)8-2-1-3-8/h6-9,11-14,16-18,20,22H,4-5,10,15H2,1-3H3;4-8,12H,1-3,11H2. The Kier molecular flexibility index (Phi) is 9.78. The van der Waals surface area contributed by atoms with E-state index in [-0.39, 0.29) is 0 Å². The van der Waals surface area contributed by atoms with Gasteiger partial charge in [0.2, 0.25) is 0 Å². The van der Waals surface area contributed by atoms with Crippen LogP contribution in [0.3, 0.4) is 0 Å². The highest BCUT2D eigenvalue weighted by Gasteiger charge is 2.38. The van der Waals surface area contributed by atoms with Gasteiger partial charge in [-0.15, -0.1) is 0 Å². The van der Waals surface area contributed by atoms with Crippen molar-refractivity contribution in [3.8, 4) is 0 Å². The predicted molar refractivity (Wildman–Crippen MR) is 153 cm³/mol. The number of rotatable bonds is 9. The molecule has 5 rings (SSSR count). The van der Waals surface area contributed by atoms with Gasteiger partial charge in [-0.05, 0) is 74.7 Å². The third-order valence-corrected chi connectivity index (χ3v) is 9.07. The maximum Gasteiger partial charge on any atom is 0.0572 e. The summed E-state index contributed by atoms with van der Waals surface area (Å²) in [5.74, 6) is 3.09. The van der Waals surface area contributed by atoms with E-state index in [0.29, 0.717) is 38.5 Å². The summed E-state index contributed by atoms with van der Waals surface area (Å²) in [4.78, 5) is 0. The van der Waals surface area contributed by atoms with E-state index in [1.54, 1.807) is 0 Å². The fourth-order valence-electron chi connectivity index (χ4n) is 5.65. The molecule has 2 N–H and O–H groups in total. The Bertz CT molecular complexity index is 977. The highest BCUT2D eigenvalue weighted by Crippen LogP contribution is 2.49. The van der Waals surface area contributed by atoms with Crippen molar-refractivity contribution in [3.63, 3.8) is 0 Å². The van der Waals surface area contributed by atoms with E-state index < -0.39 is 0 Å². The van der Waals surface area contributed by atoms with Crippen molar-refractivity contribution >= 4 is 14.0 Å². The number of nitrogens with two attached hydrogens (primary N) is 1. The summed E-state index contributed by atoms with van der Waals surface area (Å²) in [6, 6.07) is 17.7. The second-order valence-electron chi connectivity index (χ2n) is 10.7. The molecule has 2 aromatic carbocycles. The molecular weight excluding hydrogens is 445 g/mol. The Morgan fingerprint density at radius 1 is 0.971 bits per heavy atom. The quantitative estimate of drug-likeness (QED) is 0.363. The Morgan fingerprint density at radius 3 is 2.34 bits per heavy atom. The monoisotopic (exact) mass is 489 g/mol. The number of hydrogen-bond donors (Lipinski definition) is 1. The number of ether oxygens (including phenoxy) is 1. The van der Waals surface area contributed by atoms with E-state index in [2.05, 4.69) is 93.6 Å². The van der Waals surface area contributed by atoms with Crippen molar-refractivity contribution in [2.75, 3.05) is 6.61 Å². The molecule has 0 radical (unpaired) electrons. The molecule has 3 aliphatic rings. The maximum atomic E-state index is 6.33. The van der Waals surface area contributed by atoms with E-state index in [1.165, 1.54) is 60.5 Å². The third-order valence-electron chi connectivity index (χ3n) is 8.40. The van der Waals surface area contributed by atoms with Gasteiger partial charge in [0.25, 0.3) is 0 Å². The SMILES string of the molecule is CCCCC(C)C(C)OCC1c2ccccc2C2C=CC=CC21.NPc1ccc(C2CCC2)cc1. The van der Waals surface area contributed by atoms with Gasteiger partial charge in [0.15, 0.2) is 0 Å². The number of benzene rings is 2. The zero-order valence-electron chi connectivity index (χ0n) is 21.8. The van der Waals surface area contributed by atoms with E-state index in [0.717, 1.165) is 12.5 Å². The lowest BCUT2D eigenvalue weighted by Gasteiger charge is -2.26. The van der Waals surface area contributed by atoms with Crippen LogP contribution >= 0.6 is 8.73 Å². The topological polar surface area (TPSA) is 35.2 Å². The minimum atomic E-state index is 0.343. The molecule has 2 nitrogen and oxygen atoms in total. The minimum absolute atomic E-state index is 0.343. The number of allylic oxidation sites excluding steroid dienone is 4. The van der Waals surface area contributed by atoms with Crippen molar-refractivity contribution in [3.05, 3.63) is 89.5 Å². The number of hydrogen-bond acceptors (Lipinski definition) is 2. The summed E-state index contributed by atoms with van der Waals surface area (Å²) in [6.07, 6.45) is 17.5. The van der Waals surface area contributed by atoms with Gasteiger partial charge >= 0.3 is 0 Å². The molecule has 6 atom stereocenters. The average molecular weight is 490 g/mol. The average Bonchev–Trinajstić information content (AvgIpc) is 3.19. The van der Waals surface area contributed by atoms with Crippen LogP contribution in [0.25, 0.3) is 0 Å². The fraction of sp³-hybridized carbons (Fsp3) is 0.500. The largest absolute Gasteiger partial charge is 0.378 e. The van der Waals surface area contributed by atoms with Crippen molar-refractivity contribution in [1.82, 2.24) is 0 Å². The first kappa shape index (κ1) is 26.3. The van der Waals surface area contributed by atoms with Crippen molar-refractivity contribution < 1.29 is 4.74 Å². The normalized spacial score (nSPS) is 24.4. The summed E-state index contributed by atoms with van der Waals surface area (Å²) < 4.78 is 6.33. The first-order chi connectivity index (χ1) is 17.1. The van der Waals surface area contributed by atoms with Crippen LogP contribution in [0.1, 0.15) is 93.7 Å². The van der Waals surface area contributed by atoms with Gasteiger partial charge in [-0.2, -0.15) is 0 Å². The molecule has 188 valence electrons. The summed E-state index contributed by atoms with van der Waals surface area (Å²) in [5.41, 5.74) is 10.0. The Hall–Kier alpha value is -1.73. The number of unbranched alkanes of at least 4 members (excludes halogenated alkanes) is 1. The molecule has 1 fully saturated rings. The van der Waals surface area contributed by atoms with Gasteiger partial charge in [-0.1, -0.05) is 106 Å². The lowest BCUT2D eigenvalue weighted by atomic mass is 9.80. The molecule has 0 bridgehead atoms. The van der Waals surface area contributed by atoms with E-state index in [4.69, 9.17) is 10.2 Å². The summed E-state index contributed by atoms with van der Waals surface area (Å²) in [5, 5.41) is 1.26. The molecule has 0 saturated heterocycles. The van der Waals surface area contributed by atoms with Gasteiger partial charge in [-0.3, -0.25) is 0 Å². The second-order valence-corrected chi connectivity index (χ2v) is 11.5. The third kappa shape index (κ3) is 6.53. The van der Waals surface area contributed by atoms with Crippen LogP contribution in [0.4, 0.5) is 0 Å². The van der Waals surface area contributed by atoms with Crippen molar-refractivity contribution in [1.29, 1.82) is 0 Å². The predicted octanol–water partition coefficient (Wildman–Crippen LogP) is 7.97. The van der Waals surface area contributed by atoms with Gasteiger partial charge in [-0.25, -0.2) is 0 Å². The van der Waals surface area contributed by atoms with Gasteiger partial charge in [0.05, 0.1) is 12.7 Å². The molecule has 0 aliphatic heterocycles. The molecule has 3 aliphatic carbocycles. The van der Waals surface area contributed by atoms with Crippen LogP contribution in [-0.2, 0) is 4.74 Å². The molecule has 35 heavy (non-hydrogen) atoms. The van der Waals surface area contributed by atoms with Crippen molar-refractivity contribution in [2.45, 2.75) is 83.2 Å². The molecule has 1 saturated carbocycles. The summed E-state index contributed by atoms with van der Waals surface area (Å²) >= 11 is 0. The molecule has 6 unspecified atom stereocenters. The molecule has 0 aromatic heterocycles. The van der Waals surface area contributed by atoms with Gasteiger partial charge in [0, 0.05) is 11.8 Å². The lowest BCUT2D eigenvalue weighted by molar-refractivity contribution is 0.0146. The number of fused-ring (bicyclic) bond motifs is 3. The molecule has 0 heterocycles. The Balaban J connectivity index is 0.000000201. The van der Waals surface area contributed by atoms with E-state index >= 15 is 0 Å². The summed E-state index contributed by atoms with van der Waals surface area (Å²) in [7, 11) is 0.439. The first-order valence-electron chi connectivity index (χ1n) is 13.7. The molecule has 0 amide bonds. The molecule has 2 aromatic rings. The van der Waals surface area contributed by atoms with Crippen LogP contribution in [0.2, 0.25) is 0 Å². The van der Waals surface area contributed by atoms with Crippen LogP contribution in [-0.4, -0.2) is 12.7 Å². The Labute approximate surface area is 215 Å². The molecule has 3 heteroatoms. The zero-order valence-corrected chi connectivity index (χ0v) is 22.8. The zero-order chi connectivity index (χ0) is 24.6. The summed E-state index contributed by atoms with van der Waals surface area (Å²) in [6.45, 7) is 7.68. The van der Waals surface area contributed by atoms with Gasteiger partial charge in [0.1, 0.15) is 0 Å². The maximum absolute atomic E-state index is 6.33. The van der Waals surface area contributed by atoms with E-state index in [1.807, 2.05) is 0 Å². The van der Waals surface area contributed by atoms with Crippen LogP contribution < -0.4 is 10.8 Å². The van der Waals surface area contributed by atoms with Crippen molar-refractivity contribution in [2.24, 2.45) is 17.3 Å². The van der Waals surface area contributed by atoms with E-state index in [9.17, 15) is 0 Å². The highest BCUT2D eigenvalue weighted by atomic mass is 31.1.